The summed E-state index contributed by atoms with van der Waals surface area (Å²) in [6.45, 7) is 4.30. The zero-order valence-electron chi connectivity index (χ0n) is 10.5. The van der Waals surface area contributed by atoms with E-state index in [2.05, 4.69) is 27.6 Å². The molecule has 1 saturated carbocycles. The van der Waals surface area contributed by atoms with E-state index in [1.54, 1.807) is 0 Å². The molecule has 94 valence electrons. The number of hydrogen-bond donors (Lipinski definition) is 3. The molecule has 0 atom stereocenters. The number of rotatable bonds is 3. The van der Waals surface area contributed by atoms with Crippen molar-refractivity contribution in [2.75, 3.05) is 10.7 Å². The van der Waals surface area contributed by atoms with Gasteiger partial charge in [-0.05, 0) is 38.5 Å². The number of nitrogen functional groups attached to an aromatic ring is 1. The van der Waals surface area contributed by atoms with Gasteiger partial charge in [-0.2, -0.15) is 0 Å². The largest absolute Gasteiger partial charge is 0.367 e. The van der Waals surface area contributed by atoms with Crippen molar-refractivity contribution >= 4 is 11.6 Å². The van der Waals surface area contributed by atoms with Crippen LogP contribution >= 0.6 is 0 Å². The Hall–Kier alpha value is -1.36. The summed E-state index contributed by atoms with van der Waals surface area (Å²) < 4.78 is 0. The van der Waals surface area contributed by atoms with Crippen molar-refractivity contribution in [3.05, 3.63) is 11.9 Å². The number of nitrogens with two attached hydrogens (primary N) is 1. The fraction of sp³-hybridized carbons (Fsp3) is 0.667. The van der Waals surface area contributed by atoms with Crippen LogP contribution in [0.15, 0.2) is 6.33 Å². The number of hydrogen-bond acceptors (Lipinski definition) is 5. The maximum atomic E-state index is 5.40. The maximum absolute atomic E-state index is 5.40. The quantitative estimate of drug-likeness (QED) is 0.552. The topological polar surface area (TPSA) is 75.9 Å². The molecular weight excluding hydrogens is 214 g/mol. The van der Waals surface area contributed by atoms with Crippen molar-refractivity contribution in [2.45, 2.75) is 45.6 Å². The lowest BCUT2D eigenvalue weighted by atomic mass is 9.87. The van der Waals surface area contributed by atoms with E-state index in [0.29, 0.717) is 11.9 Å². The van der Waals surface area contributed by atoms with Crippen LogP contribution in [0.3, 0.4) is 0 Å². The molecule has 1 aromatic heterocycles. The number of anilines is 2. The summed E-state index contributed by atoms with van der Waals surface area (Å²) >= 11 is 0. The first-order valence-electron chi connectivity index (χ1n) is 6.25. The lowest BCUT2D eigenvalue weighted by Crippen LogP contribution is -2.26. The van der Waals surface area contributed by atoms with Crippen LogP contribution < -0.4 is 16.6 Å². The van der Waals surface area contributed by atoms with Gasteiger partial charge in [-0.15, -0.1) is 0 Å². The Morgan fingerprint density at radius 2 is 1.82 bits per heavy atom. The van der Waals surface area contributed by atoms with E-state index in [0.717, 1.165) is 17.3 Å². The molecule has 0 unspecified atom stereocenters. The number of nitrogens with zero attached hydrogens (tertiary/aromatic N) is 2. The van der Waals surface area contributed by atoms with Crippen LogP contribution in [0.25, 0.3) is 0 Å². The van der Waals surface area contributed by atoms with Gasteiger partial charge in [0, 0.05) is 11.6 Å². The summed E-state index contributed by atoms with van der Waals surface area (Å²) in [6, 6.07) is 0.533. The van der Waals surface area contributed by atoms with Gasteiger partial charge in [0.15, 0.2) is 0 Å². The predicted molar refractivity (Wildman–Crippen MR) is 69.6 cm³/mol. The standard InChI is InChI=1S/C12H21N5/c1-8-3-5-10(6-4-8)16-11-9(2)12(17-13)15-7-14-11/h7-8,10H,3-6,13H2,1-2H3,(H2,14,15,16,17). The third-order valence-corrected chi connectivity index (χ3v) is 3.58. The van der Waals surface area contributed by atoms with E-state index in [1.807, 2.05) is 6.92 Å². The number of hydrazine groups is 1. The van der Waals surface area contributed by atoms with Crippen LogP contribution in [0.2, 0.25) is 0 Å². The van der Waals surface area contributed by atoms with Crippen molar-refractivity contribution in [3.8, 4) is 0 Å². The Labute approximate surface area is 102 Å². The van der Waals surface area contributed by atoms with Gasteiger partial charge in [0.05, 0.1) is 0 Å². The van der Waals surface area contributed by atoms with E-state index in [4.69, 9.17) is 5.84 Å². The number of aromatic nitrogens is 2. The molecule has 1 fully saturated rings. The lowest BCUT2D eigenvalue weighted by Gasteiger charge is -2.27. The van der Waals surface area contributed by atoms with Crippen LogP contribution in [0.4, 0.5) is 11.6 Å². The molecule has 0 bridgehead atoms. The summed E-state index contributed by atoms with van der Waals surface area (Å²) in [4.78, 5) is 8.36. The van der Waals surface area contributed by atoms with E-state index in [1.165, 1.54) is 32.0 Å². The van der Waals surface area contributed by atoms with Crippen LogP contribution in [0, 0.1) is 12.8 Å². The second kappa shape index (κ2) is 5.31. The molecule has 0 aliphatic heterocycles. The second-order valence-corrected chi connectivity index (χ2v) is 4.94. The van der Waals surface area contributed by atoms with Gasteiger partial charge in [0.2, 0.25) is 0 Å². The van der Waals surface area contributed by atoms with Crippen molar-refractivity contribution in [1.82, 2.24) is 9.97 Å². The van der Waals surface area contributed by atoms with E-state index < -0.39 is 0 Å². The lowest BCUT2D eigenvalue weighted by molar-refractivity contribution is 0.360. The summed E-state index contributed by atoms with van der Waals surface area (Å²) in [5.74, 6) is 7.85. The molecule has 1 aromatic rings. The third kappa shape index (κ3) is 2.85. The summed E-state index contributed by atoms with van der Waals surface area (Å²) in [6.07, 6.45) is 6.57. The highest BCUT2D eigenvalue weighted by Crippen LogP contribution is 2.27. The summed E-state index contributed by atoms with van der Waals surface area (Å²) in [5, 5.41) is 3.50. The highest BCUT2D eigenvalue weighted by molar-refractivity contribution is 5.56. The molecule has 0 amide bonds. The van der Waals surface area contributed by atoms with E-state index in [-0.39, 0.29) is 0 Å². The SMILES string of the molecule is Cc1c(NN)ncnc1NC1CCC(C)CC1. The fourth-order valence-corrected chi connectivity index (χ4v) is 2.34. The molecule has 0 spiro atoms. The molecule has 5 nitrogen and oxygen atoms in total. The molecule has 17 heavy (non-hydrogen) atoms. The molecule has 1 aliphatic rings. The van der Waals surface area contributed by atoms with Crippen molar-refractivity contribution in [3.63, 3.8) is 0 Å². The van der Waals surface area contributed by atoms with Gasteiger partial charge in [-0.1, -0.05) is 6.92 Å². The zero-order chi connectivity index (χ0) is 12.3. The molecular formula is C12H21N5. The average molecular weight is 235 g/mol. The van der Waals surface area contributed by atoms with Crippen LogP contribution in [-0.2, 0) is 0 Å². The van der Waals surface area contributed by atoms with Gasteiger partial charge in [-0.3, -0.25) is 0 Å². The first-order chi connectivity index (χ1) is 8.20. The molecule has 0 aromatic carbocycles. The molecule has 1 heterocycles. The summed E-state index contributed by atoms with van der Waals surface area (Å²) in [5.41, 5.74) is 3.57. The van der Waals surface area contributed by atoms with Gasteiger partial charge >= 0.3 is 0 Å². The first kappa shape index (κ1) is 12.1. The van der Waals surface area contributed by atoms with Crippen LogP contribution in [-0.4, -0.2) is 16.0 Å². The Morgan fingerprint density at radius 1 is 1.18 bits per heavy atom. The monoisotopic (exact) mass is 235 g/mol. The van der Waals surface area contributed by atoms with Crippen LogP contribution in [0.1, 0.15) is 38.2 Å². The van der Waals surface area contributed by atoms with Gasteiger partial charge in [0.25, 0.3) is 0 Å². The third-order valence-electron chi connectivity index (χ3n) is 3.58. The smallest absolute Gasteiger partial charge is 0.148 e. The van der Waals surface area contributed by atoms with Crippen molar-refractivity contribution < 1.29 is 0 Å². The van der Waals surface area contributed by atoms with Crippen molar-refractivity contribution in [1.29, 1.82) is 0 Å². The Bertz CT molecular complexity index is 371. The van der Waals surface area contributed by atoms with Crippen LogP contribution in [0.5, 0.6) is 0 Å². The molecule has 5 heteroatoms. The van der Waals surface area contributed by atoms with Gasteiger partial charge in [0.1, 0.15) is 18.0 Å². The first-order valence-corrected chi connectivity index (χ1v) is 6.25. The molecule has 1 aliphatic carbocycles. The Kier molecular flexibility index (Phi) is 3.78. The maximum Gasteiger partial charge on any atom is 0.148 e. The highest BCUT2D eigenvalue weighted by Gasteiger charge is 2.19. The predicted octanol–water partition coefficient (Wildman–Crippen LogP) is 2.06. The molecule has 4 N–H and O–H groups in total. The normalized spacial score (nSPS) is 24.4. The minimum absolute atomic E-state index is 0.533. The highest BCUT2D eigenvalue weighted by atomic mass is 15.3. The van der Waals surface area contributed by atoms with Crippen molar-refractivity contribution in [2.24, 2.45) is 11.8 Å². The van der Waals surface area contributed by atoms with E-state index >= 15 is 0 Å². The Morgan fingerprint density at radius 3 is 2.47 bits per heavy atom. The van der Waals surface area contributed by atoms with Gasteiger partial charge in [-0.25, -0.2) is 15.8 Å². The number of nitrogens with one attached hydrogen (secondary N) is 2. The molecule has 2 rings (SSSR count). The van der Waals surface area contributed by atoms with E-state index in [9.17, 15) is 0 Å². The second-order valence-electron chi connectivity index (χ2n) is 4.94. The minimum Gasteiger partial charge on any atom is -0.367 e. The fourth-order valence-electron chi connectivity index (χ4n) is 2.34. The van der Waals surface area contributed by atoms with Gasteiger partial charge < -0.3 is 10.7 Å². The Balaban J connectivity index is 2.03. The average Bonchev–Trinajstić information content (AvgIpc) is 2.35. The molecule has 0 saturated heterocycles. The molecule has 0 radical (unpaired) electrons. The minimum atomic E-state index is 0.533. The summed E-state index contributed by atoms with van der Waals surface area (Å²) in [7, 11) is 0. The zero-order valence-corrected chi connectivity index (χ0v) is 10.5.